The quantitative estimate of drug-likeness (QED) is 0.462. The van der Waals surface area contributed by atoms with E-state index in [-0.39, 0.29) is 11.5 Å². The Morgan fingerprint density at radius 2 is 2.06 bits per heavy atom. The topological polar surface area (TPSA) is 89.3 Å². The molecule has 1 rings (SSSR count). The van der Waals surface area contributed by atoms with E-state index in [9.17, 15) is 13.2 Å². The minimum atomic E-state index is -2.92. The molecule has 0 unspecified atom stereocenters. The van der Waals surface area contributed by atoms with E-state index in [1.54, 1.807) is 18.2 Å². The molecule has 100 valence electrons. The first-order chi connectivity index (χ1) is 8.29. The Bertz CT molecular complexity index is 538. The van der Waals surface area contributed by atoms with E-state index in [0.29, 0.717) is 24.2 Å². The summed E-state index contributed by atoms with van der Waals surface area (Å²) in [5.41, 5.74) is 7.36. The summed E-state index contributed by atoms with van der Waals surface area (Å²) in [6, 6.07) is 5.11. The van der Waals surface area contributed by atoms with Crippen molar-refractivity contribution in [3.05, 3.63) is 23.8 Å². The minimum absolute atomic E-state index is 0.0905. The number of carbonyl (C=O) groups is 1. The number of rotatable bonds is 6. The van der Waals surface area contributed by atoms with Gasteiger partial charge in [-0.15, -0.1) is 0 Å². The van der Waals surface area contributed by atoms with Gasteiger partial charge in [0.2, 0.25) is 0 Å². The third-order valence-electron chi connectivity index (χ3n) is 2.45. The van der Waals surface area contributed by atoms with Crippen LogP contribution in [0.15, 0.2) is 18.2 Å². The van der Waals surface area contributed by atoms with E-state index in [0.717, 1.165) is 5.69 Å². The van der Waals surface area contributed by atoms with Crippen molar-refractivity contribution in [2.75, 3.05) is 29.6 Å². The van der Waals surface area contributed by atoms with Crippen molar-refractivity contribution in [1.82, 2.24) is 0 Å². The maximum atomic E-state index is 11.3. The van der Waals surface area contributed by atoms with Crippen molar-refractivity contribution < 1.29 is 13.2 Å². The first kappa shape index (κ1) is 14.5. The second kappa shape index (κ2) is 5.86. The molecule has 5 nitrogen and oxygen atoms in total. The molecule has 1 aromatic rings. The van der Waals surface area contributed by atoms with Crippen LogP contribution >= 0.6 is 0 Å². The number of ketones is 1. The lowest BCUT2D eigenvalue weighted by molar-refractivity contribution is 0.101. The van der Waals surface area contributed by atoms with E-state index < -0.39 is 9.84 Å². The van der Waals surface area contributed by atoms with Gasteiger partial charge >= 0.3 is 0 Å². The molecule has 0 saturated carbocycles. The molecule has 0 fully saturated rings. The van der Waals surface area contributed by atoms with Crippen LogP contribution in [0.5, 0.6) is 0 Å². The average Bonchev–Trinajstić information content (AvgIpc) is 2.24. The Kier molecular flexibility index (Phi) is 4.72. The molecule has 1 aromatic carbocycles. The Morgan fingerprint density at radius 3 is 2.61 bits per heavy atom. The Morgan fingerprint density at radius 1 is 1.39 bits per heavy atom. The average molecular weight is 270 g/mol. The van der Waals surface area contributed by atoms with Gasteiger partial charge in [-0.2, -0.15) is 0 Å². The lowest BCUT2D eigenvalue weighted by atomic mass is 10.1. The fraction of sp³-hybridized carbons (Fsp3) is 0.417. The smallest absolute Gasteiger partial charge is 0.161 e. The molecule has 6 heteroatoms. The van der Waals surface area contributed by atoms with Crippen molar-refractivity contribution in [2.45, 2.75) is 13.3 Å². The fourth-order valence-electron chi connectivity index (χ4n) is 1.54. The highest BCUT2D eigenvalue weighted by Crippen LogP contribution is 2.18. The molecule has 0 spiro atoms. The predicted molar refractivity (Wildman–Crippen MR) is 73.7 cm³/mol. The highest BCUT2D eigenvalue weighted by atomic mass is 32.2. The monoisotopic (exact) mass is 270 g/mol. The van der Waals surface area contributed by atoms with Crippen LogP contribution in [0.3, 0.4) is 0 Å². The third kappa shape index (κ3) is 4.75. The number of nitrogens with two attached hydrogens (primary N) is 1. The normalized spacial score (nSPS) is 11.2. The predicted octanol–water partition coefficient (Wildman–Crippen LogP) is 1.32. The zero-order valence-electron chi connectivity index (χ0n) is 10.6. The molecule has 0 atom stereocenters. The number of sulfone groups is 1. The van der Waals surface area contributed by atoms with E-state index in [1.807, 2.05) is 0 Å². The summed E-state index contributed by atoms with van der Waals surface area (Å²) in [6.45, 7) is 1.99. The van der Waals surface area contributed by atoms with Crippen LogP contribution in [0, 0.1) is 0 Å². The molecule has 3 N–H and O–H groups in total. The molecule has 0 aliphatic rings. The number of hydrogen-bond acceptors (Lipinski definition) is 5. The standard InChI is InChI=1S/C12H18N2O3S/c1-9(15)11-8-10(4-5-12(11)13)14-6-3-7-18(2,16)17/h4-5,8,14H,3,6-7,13H2,1-2H3. The highest BCUT2D eigenvalue weighted by molar-refractivity contribution is 7.90. The Balaban J connectivity index is 2.58. The first-order valence-corrected chi connectivity index (χ1v) is 7.68. The van der Waals surface area contributed by atoms with Gasteiger partial charge in [-0.1, -0.05) is 0 Å². The minimum Gasteiger partial charge on any atom is -0.398 e. The van der Waals surface area contributed by atoms with Gasteiger partial charge in [0.15, 0.2) is 5.78 Å². The Hall–Kier alpha value is -1.56. The van der Waals surface area contributed by atoms with Crippen molar-refractivity contribution in [1.29, 1.82) is 0 Å². The molecular formula is C12H18N2O3S. The number of nitrogens with one attached hydrogen (secondary N) is 1. The van der Waals surface area contributed by atoms with Gasteiger partial charge in [-0.05, 0) is 31.5 Å². The van der Waals surface area contributed by atoms with Gasteiger partial charge < -0.3 is 11.1 Å². The molecular weight excluding hydrogens is 252 g/mol. The number of Topliss-reactive ketones (excluding diaryl/α,β-unsaturated/α-hetero) is 1. The van der Waals surface area contributed by atoms with E-state index in [1.165, 1.54) is 13.2 Å². The maximum Gasteiger partial charge on any atom is 0.161 e. The second-order valence-corrected chi connectivity index (χ2v) is 6.53. The molecule has 0 radical (unpaired) electrons. The fourth-order valence-corrected chi connectivity index (χ4v) is 2.21. The molecule has 0 aliphatic carbocycles. The maximum absolute atomic E-state index is 11.3. The van der Waals surface area contributed by atoms with Crippen LogP contribution in [0.25, 0.3) is 0 Å². The number of hydrogen-bond donors (Lipinski definition) is 2. The largest absolute Gasteiger partial charge is 0.398 e. The van der Waals surface area contributed by atoms with Crippen LogP contribution in [-0.4, -0.2) is 32.8 Å². The lowest BCUT2D eigenvalue weighted by Gasteiger charge is -2.08. The third-order valence-corrected chi connectivity index (χ3v) is 3.48. The molecule has 0 bridgehead atoms. The molecule has 18 heavy (non-hydrogen) atoms. The van der Waals surface area contributed by atoms with Crippen LogP contribution < -0.4 is 11.1 Å². The summed E-state index contributed by atoms with van der Waals surface area (Å²) in [6.07, 6.45) is 1.74. The van der Waals surface area contributed by atoms with Crippen molar-refractivity contribution in [3.8, 4) is 0 Å². The molecule has 0 saturated heterocycles. The van der Waals surface area contributed by atoms with Crippen LogP contribution in [-0.2, 0) is 9.84 Å². The summed E-state index contributed by atoms with van der Waals surface area (Å²) < 4.78 is 21.9. The summed E-state index contributed by atoms with van der Waals surface area (Å²) >= 11 is 0. The number of nitrogen functional groups attached to an aromatic ring is 1. The summed E-state index contributed by atoms with van der Waals surface area (Å²) in [4.78, 5) is 11.3. The van der Waals surface area contributed by atoms with Gasteiger partial charge in [-0.3, -0.25) is 4.79 Å². The van der Waals surface area contributed by atoms with Crippen molar-refractivity contribution in [3.63, 3.8) is 0 Å². The zero-order valence-corrected chi connectivity index (χ0v) is 11.4. The molecule has 0 amide bonds. The lowest BCUT2D eigenvalue weighted by Crippen LogP contribution is -2.10. The van der Waals surface area contributed by atoms with E-state index in [2.05, 4.69) is 5.32 Å². The number of carbonyl (C=O) groups excluding carboxylic acids is 1. The molecule has 0 aromatic heterocycles. The first-order valence-electron chi connectivity index (χ1n) is 5.61. The van der Waals surface area contributed by atoms with E-state index >= 15 is 0 Å². The van der Waals surface area contributed by atoms with Crippen LogP contribution in [0.1, 0.15) is 23.7 Å². The zero-order chi connectivity index (χ0) is 13.8. The number of anilines is 2. The molecule has 0 aliphatic heterocycles. The Labute approximate surface area is 107 Å². The summed E-state index contributed by atoms with van der Waals surface area (Å²) in [5.74, 6) is 0.0569. The molecule has 0 heterocycles. The van der Waals surface area contributed by atoms with Gasteiger partial charge in [-0.25, -0.2) is 8.42 Å². The van der Waals surface area contributed by atoms with Gasteiger partial charge in [0.1, 0.15) is 9.84 Å². The van der Waals surface area contributed by atoms with Crippen molar-refractivity contribution >= 4 is 27.0 Å². The van der Waals surface area contributed by atoms with Crippen LogP contribution in [0.2, 0.25) is 0 Å². The van der Waals surface area contributed by atoms with Gasteiger partial charge in [0.25, 0.3) is 0 Å². The van der Waals surface area contributed by atoms with Gasteiger partial charge in [0, 0.05) is 29.7 Å². The van der Waals surface area contributed by atoms with E-state index in [4.69, 9.17) is 5.73 Å². The second-order valence-electron chi connectivity index (χ2n) is 4.27. The van der Waals surface area contributed by atoms with Crippen molar-refractivity contribution in [2.24, 2.45) is 0 Å². The summed E-state index contributed by atoms with van der Waals surface area (Å²) in [7, 11) is -2.92. The van der Waals surface area contributed by atoms with Crippen LogP contribution in [0.4, 0.5) is 11.4 Å². The number of benzene rings is 1. The SMILES string of the molecule is CC(=O)c1cc(NCCCS(C)(=O)=O)ccc1N. The van der Waals surface area contributed by atoms with Gasteiger partial charge in [0.05, 0.1) is 5.75 Å². The highest BCUT2D eigenvalue weighted by Gasteiger charge is 2.06. The summed E-state index contributed by atoms with van der Waals surface area (Å²) in [5, 5.41) is 3.07.